The minimum absolute atomic E-state index is 0.267. The van der Waals surface area contributed by atoms with Crippen molar-refractivity contribution in [1.82, 2.24) is 4.98 Å². The van der Waals surface area contributed by atoms with Crippen LogP contribution >= 0.6 is 0 Å². The van der Waals surface area contributed by atoms with E-state index in [0.717, 1.165) is 25.2 Å². The fourth-order valence-electron chi connectivity index (χ4n) is 1.94. The van der Waals surface area contributed by atoms with Crippen molar-refractivity contribution < 1.29 is 4.74 Å². The Balaban J connectivity index is 1.95. The van der Waals surface area contributed by atoms with Crippen molar-refractivity contribution in [2.45, 2.75) is 12.5 Å². The fourth-order valence-corrected chi connectivity index (χ4v) is 1.94. The maximum Gasteiger partial charge on any atom is 0.140 e. The van der Waals surface area contributed by atoms with E-state index in [2.05, 4.69) is 16.5 Å². The molecule has 4 nitrogen and oxygen atoms in total. The lowest BCUT2D eigenvalue weighted by Crippen LogP contribution is -2.23. The Morgan fingerprint density at radius 1 is 1.65 bits per heavy atom. The van der Waals surface area contributed by atoms with Gasteiger partial charge in [0.1, 0.15) is 11.8 Å². The summed E-state index contributed by atoms with van der Waals surface area (Å²) in [5.74, 6) is 0. The molecule has 2 heterocycles. The first-order valence-corrected chi connectivity index (χ1v) is 5.67. The summed E-state index contributed by atoms with van der Waals surface area (Å²) in [5.41, 5.74) is 1.50. The van der Waals surface area contributed by atoms with Gasteiger partial charge in [-0.05, 0) is 18.6 Å². The second-order valence-electron chi connectivity index (χ2n) is 3.99. The Morgan fingerprint density at radius 3 is 3.18 bits per heavy atom. The molecule has 0 aliphatic carbocycles. The van der Waals surface area contributed by atoms with Crippen LogP contribution in [0.4, 0.5) is 5.69 Å². The van der Waals surface area contributed by atoms with Crippen LogP contribution < -0.4 is 4.90 Å². The molecule has 1 atom stereocenters. The number of pyridine rings is 1. The quantitative estimate of drug-likeness (QED) is 0.738. The van der Waals surface area contributed by atoms with Crippen LogP contribution in [-0.4, -0.2) is 30.8 Å². The summed E-state index contributed by atoms with van der Waals surface area (Å²) in [6.45, 7) is 6.08. The molecular weight excluding hydrogens is 214 g/mol. The van der Waals surface area contributed by atoms with Gasteiger partial charge in [0, 0.05) is 13.1 Å². The molecule has 0 bridgehead atoms. The third-order valence-electron chi connectivity index (χ3n) is 2.82. The Morgan fingerprint density at radius 2 is 2.53 bits per heavy atom. The van der Waals surface area contributed by atoms with Crippen LogP contribution in [0.5, 0.6) is 0 Å². The van der Waals surface area contributed by atoms with Gasteiger partial charge in [0.25, 0.3) is 0 Å². The predicted octanol–water partition coefficient (Wildman–Crippen LogP) is 1.73. The highest BCUT2D eigenvalue weighted by molar-refractivity contribution is 5.46. The van der Waals surface area contributed by atoms with Crippen molar-refractivity contribution in [2.24, 2.45) is 0 Å². The second-order valence-corrected chi connectivity index (χ2v) is 3.99. The van der Waals surface area contributed by atoms with E-state index < -0.39 is 0 Å². The van der Waals surface area contributed by atoms with Gasteiger partial charge in [-0.1, -0.05) is 6.08 Å². The molecule has 1 aliphatic rings. The van der Waals surface area contributed by atoms with Gasteiger partial charge >= 0.3 is 0 Å². The van der Waals surface area contributed by atoms with Crippen LogP contribution in [-0.2, 0) is 4.74 Å². The molecule has 1 unspecified atom stereocenters. The largest absolute Gasteiger partial charge is 0.372 e. The third-order valence-corrected chi connectivity index (χ3v) is 2.82. The molecule has 4 heteroatoms. The van der Waals surface area contributed by atoms with E-state index >= 15 is 0 Å². The van der Waals surface area contributed by atoms with Crippen LogP contribution in [0.1, 0.15) is 12.1 Å². The van der Waals surface area contributed by atoms with Gasteiger partial charge in [-0.2, -0.15) is 5.26 Å². The van der Waals surface area contributed by atoms with Gasteiger partial charge in [-0.25, -0.2) is 4.98 Å². The molecule has 17 heavy (non-hydrogen) atoms. The number of nitrogens with zero attached hydrogens (tertiary/aromatic N) is 3. The van der Waals surface area contributed by atoms with Crippen LogP contribution in [0.15, 0.2) is 31.0 Å². The highest BCUT2D eigenvalue weighted by atomic mass is 16.5. The van der Waals surface area contributed by atoms with Gasteiger partial charge in [-0.3, -0.25) is 0 Å². The molecule has 0 amide bonds. The summed E-state index contributed by atoms with van der Waals surface area (Å²) >= 11 is 0. The Bertz CT molecular complexity index is 421. The molecule has 0 N–H and O–H groups in total. The van der Waals surface area contributed by atoms with Gasteiger partial charge < -0.3 is 9.64 Å². The highest BCUT2D eigenvalue weighted by Gasteiger charge is 2.22. The van der Waals surface area contributed by atoms with Crippen LogP contribution in [0.3, 0.4) is 0 Å². The number of aromatic nitrogens is 1. The van der Waals surface area contributed by atoms with E-state index in [0.29, 0.717) is 12.3 Å². The zero-order valence-corrected chi connectivity index (χ0v) is 9.67. The van der Waals surface area contributed by atoms with Crippen molar-refractivity contribution >= 4 is 5.69 Å². The average Bonchev–Trinajstić information content (AvgIpc) is 2.85. The number of ether oxygens (including phenoxy) is 1. The van der Waals surface area contributed by atoms with E-state index in [9.17, 15) is 0 Å². The standard InChI is InChI=1S/C13H15N3O/c1-2-7-17-13-5-6-16(10-13)12-4-3-11(8-14)15-9-12/h2-4,9,13H,1,5-7,10H2. The average molecular weight is 229 g/mol. The van der Waals surface area contributed by atoms with Crippen LogP contribution in [0.25, 0.3) is 0 Å². The van der Waals surface area contributed by atoms with Gasteiger partial charge in [-0.15, -0.1) is 6.58 Å². The van der Waals surface area contributed by atoms with Crippen LogP contribution in [0.2, 0.25) is 0 Å². The Labute approximate surface area is 101 Å². The minimum Gasteiger partial charge on any atom is -0.372 e. The molecule has 0 aromatic carbocycles. The first-order chi connectivity index (χ1) is 8.33. The molecule has 1 fully saturated rings. The smallest absolute Gasteiger partial charge is 0.140 e. The lowest BCUT2D eigenvalue weighted by atomic mass is 10.3. The topological polar surface area (TPSA) is 49.1 Å². The molecule has 1 aromatic rings. The summed E-state index contributed by atoms with van der Waals surface area (Å²) in [6, 6.07) is 5.69. The van der Waals surface area contributed by atoms with Crippen LogP contribution in [0, 0.1) is 11.3 Å². The molecule has 1 aromatic heterocycles. The van der Waals surface area contributed by atoms with E-state index in [-0.39, 0.29) is 6.10 Å². The SMILES string of the molecule is C=CCOC1CCN(c2ccc(C#N)nc2)C1. The van der Waals surface area contributed by atoms with Crippen molar-refractivity contribution in [3.63, 3.8) is 0 Å². The van der Waals surface area contributed by atoms with Gasteiger partial charge in [0.2, 0.25) is 0 Å². The maximum atomic E-state index is 8.68. The monoisotopic (exact) mass is 229 g/mol. The molecule has 1 saturated heterocycles. The zero-order valence-electron chi connectivity index (χ0n) is 9.67. The molecule has 2 rings (SSSR count). The van der Waals surface area contributed by atoms with E-state index in [4.69, 9.17) is 10.00 Å². The van der Waals surface area contributed by atoms with Crippen molar-refractivity contribution in [1.29, 1.82) is 5.26 Å². The fraction of sp³-hybridized carbons (Fsp3) is 0.385. The Hall–Kier alpha value is -1.86. The number of hydrogen-bond acceptors (Lipinski definition) is 4. The van der Waals surface area contributed by atoms with Crippen molar-refractivity contribution in [3.8, 4) is 6.07 Å². The van der Waals surface area contributed by atoms with Gasteiger partial charge in [0.05, 0.1) is 24.6 Å². The summed E-state index contributed by atoms with van der Waals surface area (Å²) in [4.78, 5) is 6.29. The normalized spacial score (nSPS) is 19.0. The molecule has 0 radical (unpaired) electrons. The molecular formula is C13H15N3O. The lowest BCUT2D eigenvalue weighted by molar-refractivity contribution is 0.0909. The predicted molar refractivity (Wildman–Crippen MR) is 65.7 cm³/mol. The molecule has 88 valence electrons. The number of rotatable bonds is 4. The first-order valence-electron chi connectivity index (χ1n) is 5.67. The minimum atomic E-state index is 0.267. The summed E-state index contributed by atoms with van der Waals surface area (Å²) in [7, 11) is 0. The van der Waals surface area contributed by atoms with E-state index in [1.807, 2.05) is 12.1 Å². The summed E-state index contributed by atoms with van der Waals surface area (Å²) < 4.78 is 5.62. The Kier molecular flexibility index (Phi) is 3.73. The maximum absolute atomic E-state index is 8.68. The molecule has 1 aliphatic heterocycles. The molecule has 0 spiro atoms. The second kappa shape index (κ2) is 5.46. The summed E-state index contributed by atoms with van der Waals surface area (Å²) in [5, 5.41) is 8.68. The van der Waals surface area contributed by atoms with E-state index in [1.165, 1.54) is 0 Å². The number of hydrogen-bond donors (Lipinski definition) is 0. The van der Waals surface area contributed by atoms with Crippen molar-refractivity contribution in [3.05, 3.63) is 36.7 Å². The third kappa shape index (κ3) is 2.83. The first kappa shape index (κ1) is 11.6. The zero-order chi connectivity index (χ0) is 12.1. The van der Waals surface area contributed by atoms with Crippen molar-refractivity contribution in [2.75, 3.05) is 24.6 Å². The number of nitriles is 1. The highest BCUT2D eigenvalue weighted by Crippen LogP contribution is 2.21. The lowest BCUT2D eigenvalue weighted by Gasteiger charge is -2.17. The van der Waals surface area contributed by atoms with Gasteiger partial charge in [0.15, 0.2) is 0 Å². The van der Waals surface area contributed by atoms with E-state index in [1.54, 1.807) is 18.3 Å². The summed E-state index contributed by atoms with van der Waals surface area (Å²) in [6.07, 6.45) is 4.80. The molecule has 0 saturated carbocycles. The number of anilines is 1.